The highest BCUT2D eigenvalue weighted by molar-refractivity contribution is 7.18. The molecule has 1 atom stereocenters. The van der Waals surface area contributed by atoms with Gasteiger partial charge in [0.15, 0.2) is 0 Å². The fourth-order valence-electron chi connectivity index (χ4n) is 1.60. The van der Waals surface area contributed by atoms with Crippen LogP contribution in [0.15, 0.2) is 24.3 Å². The first-order chi connectivity index (χ1) is 7.79. The molecule has 3 heteroatoms. The quantitative estimate of drug-likeness (QED) is 0.859. The monoisotopic (exact) mass is 234 g/mol. The second-order valence-electron chi connectivity index (χ2n) is 4.09. The van der Waals surface area contributed by atoms with Gasteiger partial charge in [-0.3, -0.25) is 0 Å². The number of benzene rings is 1. The van der Waals surface area contributed by atoms with E-state index in [1.54, 1.807) is 11.3 Å². The summed E-state index contributed by atoms with van der Waals surface area (Å²) in [4.78, 5) is 4.61. The highest BCUT2D eigenvalue weighted by Gasteiger charge is 2.03. The van der Waals surface area contributed by atoms with E-state index < -0.39 is 0 Å². The highest BCUT2D eigenvalue weighted by atomic mass is 32.1. The summed E-state index contributed by atoms with van der Waals surface area (Å²) in [5.41, 5.74) is 1.13. The summed E-state index contributed by atoms with van der Waals surface area (Å²) in [6.07, 6.45) is 2.21. The Morgan fingerprint density at radius 3 is 2.94 bits per heavy atom. The number of nitrogens with zero attached hydrogens (tertiary/aromatic N) is 1. The third-order valence-corrected chi connectivity index (χ3v) is 3.88. The lowest BCUT2D eigenvalue weighted by Crippen LogP contribution is -2.27. The molecule has 2 nitrogen and oxygen atoms in total. The molecule has 1 heterocycles. The summed E-state index contributed by atoms with van der Waals surface area (Å²) in [5.74, 6) is 0. The van der Waals surface area contributed by atoms with Crippen LogP contribution in [0.2, 0.25) is 0 Å². The van der Waals surface area contributed by atoms with E-state index in [2.05, 4.69) is 42.3 Å². The van der Waals surface area contributed by atoms with Gasteiger partial charge in [0, 0.05) is 19.0 Å². The zero-order chi connectivity index (χ0) is 11.4. The maximum Gasteiger partial charge on any atom is 0.0951 e. The van der Waals surface area contributed by atoms with Crippen LogP contribution in [0.4, 0.5) is 0 Å². The average molecular weight is 234 g/mol. The summed E-state index contributed by atoms with van der Waals surface area (Å²) in [7, 11) is 0. The Morgan fingerprint density at radius 2 is 2.19 bits per heavy atom. The summed E-state index contributed by atoms with van der Waals surface area (Å²) < 4.78 is 1.29. The predicted octanol–water partition coefficient (Wildman–Crippen LogP) is 3.23. The number of rotatable bonds is 5. The summed E-state index contributed by atoms with van der Waals surface area (Å²) >= 11 is 1.81. The highest BCUT2D eigenvalue weighted by Crippen LogP contribution is 2.21. The standard InChI is InChI=1S/C13H18N2S/c1-3-10(2)14-9-8-13-15-11-6-4-5-7-12(11)16-13/h4-7,10,14H,3,8-9H2,1-2H3. The Kier molecular flexibility index (Phi) is 3.91. The van der Waals surface area contributed by atoms with E-state index in [0.717, 1.165) is 18.5 Å². The van der Waals surface area contributed by atoms with Gasteiger partial charge in [0.1, 0.15) is 0 Å². The maximum absolute atomic E-state index is 4.61. The molecular formula is C13H18N2S. The van der Waals surface area contributed by atoms with Crippen LogP contribution in [0.5, 0.6) is 0 Å². The normalized spacial score (nSPS) is 13.1. The number of nitrogens with one attached hydrogen (secondary N) is 1. The fraction of sp³-hybridized carbons (Fsp3) is 0.462. The minimum atomic E-state index is 0.606. The predicted molar refractivity (Wildman–Crippen MR) is 71.1 cm³/mol. The molecule has 0 aliphatic rings. The molecule has 0 saturated heterocycles. The zero-order valence-corrected chi connectivity index (χ0v) is 10.7. The van der Waals surface area contributed by atoms with Crippen molar-refractivity contribution < 1.29 is 0 Å². The Bertz CT molecular complexity index is 417. The van der Waals surface area contributed by atoms with E-state index in [-0.39, 0.29) is 0 Å². The fourth-order valence-corrected chi connectivity index (χ4v) is 2.56. The molecule has 16 heavy (non-hydrogen) atoms. The van der Waals surface area contributed by atoms with Gasteiger partial charge in [0.2, 0.25) is 0 Å². The molecule has 86 valence electrons. The number of aromatic nitrogens is 1. The smallest absolute Gasteiger partial charge is 0.0951 e. The second kappa shape index (κ2) is 5.41. The van der Waals surface area contributed by atoms with Gasteiger partial charge in [-0.25, -0.2) is 4.98 Å². The molecule has 0 amide bonds. The topological polar surface area (TPSA) is 24.9 Å². The van der Waals surface area contributed by atoms with Gasteiger partial charge in [-0.2, -0.15) is 0 Å². The number of fused-ring (bicyclic) bond motifs is 1. The van der Waals surface area contributed by atoms with E-state index in [1.807, 2.05) is 6.07 Å². The van der Waals surface area contributed by atoms with Gasteiger partial charge in [-0.15, -0.1) is 11.3 Å². The van der Waals surface area contributed by atoms with Crippen LogP contribution in [0.1, 0.15) is 25.3 Å². The van der Waals surface area contributed by atoms with E-state index in [0.29, 0.717) is 6.04 Å². The largest absolute Gasteiger partial charge is 0.314 e. The van der Waals surface area contributed by atoms with Crippen molar-refractivity contribution in [2.75, 3.05) is 6.54 Å². The third kappa shape index (κ3) is 2.80. The van der Waals surface area contributed by atoms with Gasteiger partial charge in [-0.1, -0.05) is 19.1 Å². The number of hydrogen-bond donors (Lipinski definition) is 1. The van der Waals surface area contributed by atoms with Crippen LogP contribution in [0, 0.1) is 0 Å². The van der Waals surface area contributed by atoms with E-state index in [9.17, 15) is 0 Å². The van der Waals surface area contributed by atoms with Crippen LogP contribution < -0.4 is 5.32 Å². The van der Waals surface area contributed by atoms with Gasteiger partial charge in [0.25, 0.3) is 0 Å². The molecule has 1 unspecified atom stereocenters. The molecular weight excluding hydrogens is 216 g/mol. The van der Waals surface area contributed by atoms with E-state index >= 15 is 0 Å². The van der Waals surface area contributed by atoms with Gasteiger partial charge in [-0.05, 0) is 25.5 Å². The molecule has 1 N–H and O–H groups in total. The Balaban J connectivity index is 1.94. The van der Waals surface area contributed by atoms with Gasteiger partial charge in [0.05, 0.1) is 15.2 Å². The number of hydrogen-bond acceptors (Lipinski definition) is 3. The molecule has 0 radical (unpaired) electrons. The van der Waals surface area contributed by atoms with Crippen molar-refractivity contribution in [2.24, 2.45) is 0 Å². The minimum absolute atomic E-state index is 0.606. The van der Waals surface area contributed by atoms with Gasteiger partial charge < -0.3 is 5.32 Å². The first-order valence-electron chi connectivity index (χ1n) is 5.87. The lowest BCUT2D eigenvalue weighted by Gasteiger charge is -2.09. The number of thiazole rings is 1. The van der Waals surface area contributed by atoms with Crippen molar-refractivity contribution in [3.63, 3.8) is 0 Å². The van der Waals surface area contributed by atoms with Crippen molar-refractivity contribution in [3.8, 4) is 0 Å². The molecule has 0 fully saturated rings. The van der Waals surface area contributed by atoms with Crippen molar-refractivity contribution in [1.29, 1.82) is 0 Å². The molecule has 0 saturated carbocycles. The van der Waals surface area contributed by atoms with Crippen LogP contribution in [0.3, 0.4) is 0 Å². The first-order valence-corrected chi connectivity index (χ1v) is 6.69. The molecule has 2 aromatic rings. The van der Waals surface area contributed by atoms with Crippen LogP contribution in [-0.4, -0.2) is 17.6 Å². The summed E-state index contributed by atoms with van der Waals surface area (Å²) in [5, 5.41) is 4.73. The molecule has 2 rings (SSSR count). The second-order valence-corrected chi connectivity index (χ2v) is 5.20. The van der Waals surface area contributed by atoms with Crippen LogP contribution in [-0.2, 0) is 6.42 Å². The van der Waals surface area contributed by atoms with Crippen LogP contribution in [0.25, 0.3) is 10.2 Å². The molecule has 0 bridgehead atoms. The summed E-state index contributed by atoms with van der Waals surface area (Å²) in [6, 6.07) is 8.94. The molecule has 0 aliphatic carbocycles. The molecule has 1 aromatic heterocycles. The zero-order valence-electron chi connectivity index (χ0n) is 9.86. The maximum atomic E-state index is 4.61. The number of para-hydroxylation sites is 1. The Morgan fingerprint density at radius 1 is 1.38 bits per heavy atom. The van der Waals surface area contributed by atoms with Crippen LogP contribution >= 0.6 is 11.3 Å². The van der Waals surface area contributed by atoms with E-state index in [4.69, 9.17) is 0 Å². The van der Waals surface area contributed by atoms with Gasteiger partial charge >= 0.3 is 0 Å². The van der Waals surface area contributed by atoms with Crippen molar-refractivity contribution in [2.45, 2.75) is 32.7 Å². The first kappa shape index (κ1) is 11.6. The SMILES string of the molecule is CCC(C)NCCc1nc2ccccc2s1. The summed E-state index contributed by atoms with van der Waals surface area (Å²) in [6.45, 7) is 5.45. The average Bonchev–Trinajstić information content (AvgIpc) is 2.71. The molecule has 0 aliphatic heterocycles. The van der Waals surface area contributed by atoms with E-state index in [1.165, 1.54) is 16.1 Å². The molecule has 0 spiro atoms. The third-order valence-electron chi connectivity index (χ3n) is 2.78. The lowest BCUT2D eigenvalue weighted by molar-refractivity contribution is 0.537. The van der Waals surface area contributed by atoms with Crippen molar-refractivity contribution in [1.82, 2.24) is 10.3 Å². The molecule has 1 aromatic carbocycles. The lowest BCUT2D eigenvalue weighted by atomic mass is 10.2. The Hall–Kier alpha value is -0.930. The van der Waals surface area contributed by atoms with Crippen molar-refractivity contribution >= 4 is 21.6 Å². The Labute approximate surface area is 101 Å². The minimum Gasteiger partial charge on any atom is -0.314 e. The van der Waals surface area contributed by atoms with Crippen molar-refractivity contribution in [3.05, 3.63) is 29.3 Å².